The second-order valence-corrected chi connectivity index (χ2v) is 6.50. The van der Waals surface area contributed by atoms with Crippen LogP contribution in [0, 0.1) is 5.92 Å². The quantitative estimate of drug-likeness (QED) is 0.740. The normalized spacial score (nSPS) is 26.8. The van der Waals surface area contributed by atoms with Gasteiger partial charge in [-0.2, -0.15) is 0 Å². The molecule has 4 N–H and O–H groups in total. The van der Waals surface area contributed by atoms with Gasteiger partial charge in [0.15, 0.2) is 0 Å². The largest absolute Gasteiger partial charge is 0.399 e. The van der Waals surface area contributed by atoms with E-state index in [0.29, 0.717) is 0 Å². The Morgan fingerprint density at radius 2 is 1.86 bits per heavy atom. The van der Waals surface area contributed by atoms with Crippen LogP contribution in [0.25, 0.3) is 0 Å². The van der Waals surface area contributed by atoms with Gasteiger partial charge in [0.1, 0.15) is 0 Å². The zero-order valence-corrected chi connectivity index (χ0v) is 12.5. The topological polar surface area (TPSA) is 67.1 Å². The van der Waals surface area contributed by atoms with Gasteiger partial charge in [0.05, 0.1) is 6.04 Å². The molecule has 0 spiro atoms. The Morgan fingerprint density at radius 3 is 2.52 bits per heavy atom. The highest BCUT2D eigenvalue weighted by Crippen LogP contribution is 2.29. The number of rotatable bonds is 4. The van der Waals surface area contributed by atoms with Crippen LogP contribution < -0.4 is 16.4 Å². The van der Waals surface area contributed by atoms with Gasteiger partial charge < -0.3 is 16.4 Å². The summed E-state index contributed by atoms with van der Waals surface area (Å²) in [5.41, 5.74) is 7.69. The van der Waals surface area contributed by atoms with Crippen molar-refractivity contribution < 1.29 is 4.79 Å². The van der Waals surface area contributed by atoms with Crippen LogP contribution in [-0.4, -0.2) is 24.5 Å². The molecule has 1 aromatic rings. The van der Waals surface area contributed by atoms with Crippen molar-refractivity contribution in [3.8, 4) is 0 Å². The van der Waals surface area contributed by atoms with E-state index in [-0.39, 0.29) is 18.0 Å². The van der Waals surface area contributed by atoms with Crippen LogP contribution in [0.4, 0.5) is 5.69 Å². The third-order valence-electron chi connectivity index (χ3n) is 4.78. The van der Waals surface area contributed by atoms with Crippen LogP contribution in [0.3, 0.4) is 0 Å². The summed E-state index contributed by atoms with van der Waals surface area (Å²) in [6.45, 7) is 0.855. The maximum atomic E-state index is 12.2. The van der Waals surface area contributed by atoms with Crippen LogP contribution in [-0.2, 0) is 11.2 Å². The lowest BCUT2D eigenvalue weighted by Gasteiger charge is -2.31. The van der Waals surface area contributed by atoms with E-state index in [9.17, 15) is 4.79 Å². The van der Waals surface area contributed by atoms with Crippen molar-refractivity contribution >= 4 is 11.6 Å². The maximum Gasteiger partial charge on any atom is 0.237 e. The highest BCUT2D eigenvalue weighted by Gasteiger charge is 2.30. The first-order valence-electron chi connectivity index (χ1n) is 8.09. The molecule has 114 valence electrons. The number of nitrogens with two attached hydrogens (primary N) is 1. The number of carbonyl (C=O) groups is 1. The van der Waals surface area contributed by atoms with Gasteiger partial charge >= 0.3 is 0 Å². The first-order chi connectivity index (χ1) is 10.2. The van der Waals surface area contributed by atoms with Crippen LogP contribution in [0.2, 0.25) is 0 Å². The molecule has 4 nitrogen and oxygen atoms in total. The first kappa shape index (κ1) is 14.4. The van der Waals surface area contributed by atoms with Crippen LogP contribution in [0.5, 0.6) is 0 Å². The smallest absolute Gasteiger partial charge is 0.237 e. The van der Waals surface area contributed by atoms with Gasteiger partial charge in [-0.3, -0.25) is 4.79 Å². The molecule has 4 heteroatoms. The number of nitrogens with one attached hydrogen (secondary N) is 2. The fourth-order valence-electron chi connectivity index (χ4n) is 3.56. The average Bonchev–Trinajstić information content (AvgIpc) is 2.97. The second kappa shape index (κ2) is 6.48. The van der Waals surface area contributed by atoms with Gasteiger partial charge in [0, 0.05) is 18.3 Å². The zero-order chi connectivity index (χ0) is 14.7. The summed E-state index contributed by atoms with van der Waals surface area (Å²) in [5, 5.41) is 6.61. The van der Waals surface area contributed by atoms with E-state index in [4.69, 9.17) is 5.73 Å². The van der Waals surface area contributed by atoms with Crippen molar-refractivity contribution in [1.29, 1.82) is 0 Å². The number of benzene rings is 1. The standard InChI is InChI=1S/C17H25N3O/c18-14-7-5-13(6-8-14)9-15-11-19-16(17(21)20-15)10-12-3-1-2-4-12/h5-8,12,15-16,19H,1-4,9-11,18H2,(H,20,21)/t15-,16-/m0/s1. The minimum Gasteiger partial charge on any atom is -0.399 e. The molecule has 1 amide bonds. The average molecular weight is 287 g/mol. The minimum absolute atomic E-state index is 0.00997. The van der Waals surface area contributed by atoms with E-state index in [1.165, 1.54) is 31.2 Å². The van der Waals surface area contributed by atoms with Gasteiger partial charge in [-0.05, 0) is 36.5 Å². The maximum absolute atomic E-state index is 12.2. The Balaban J connectivity index is 1.50. The fraction of sp³-hybridized carbons (Fsp3) is 0.588. The van der Waals surface area contributed by atoms with E-state index < -0.39 is 0 Å². The number of nitrogen functional groups attached to an aromatic ring is 1. The molecule has 1 saturated carbocycles. The van der Waals surface area contributed by atoms with Gasteiger partial charge in [-0.1, -0.05) is 37.8 Å². The molecule has 1 aliphatic carbocycles. The summed E-state index contributed by atoms with van der Waals surface area (Å²) in [6.07, 6.45) is 7.10. The Morgan fingerprint density at radius 1 is 1.14 bits per heavy atom. The number of amides is 1. The molecule has 3 rings (SSSR count). The molecule has 0 aromatic heterocycles. The molecule has 21 heavy (non-hydrogen) atoms. The van der Waals surface area contributed by atoms with Crippen LogP contribution in [0.1, 0.15) is 37.7 Å². The van der Waals surface area contributed by atoms with Crippen molar-refractivity contribution in [3.05, 3.63) is 29.8 Å². The zero-order valence-electron chi connectivity index (χ0n) is 12.5. The van der Waals surface area contributed by atoms with Gasteiger partial charge in [-0.25, -0.2) is 0 Å². The lowest BCUT2D eigenvalue weighted by Crippen LogP contribution is -2.59. The lowest BCUT2D eigenvalue weighted by molar-refractivity contribution is -0.125. The highest BCUT2D eigenvalue weighted by atomic mass is 16.2. The van der Waals surface area contributed by atoms with Gasteiger partial charge in [0.25, 0.3) is 0 Å². The molecule has 1 aliphatic heterocycles. The third kappa shape index (κ3) is 3.76. The summed E-state index contributed by atoms with van der Waals surface area (Å²) in [7, 11) is 0. The monoisotopic (exact) mass is 287 g/mol. The number of anilines is 1. The molecular weight excluding hydrogens is 262 g/mol. The predicted octanol–water partition coefficient (Wildman–Crippen LogP) is 1.85. The molecule has 1 heterocycles. The molecule has 2 atom stereocenters. The SMILES string of the molecule is Nc1ccc(C[C@H]2CN[C@@H](CC3CCCC3)C(=O)N2)cc1. The van der Waals surface area contributed by atoms with Crippen molar-refractivity contribution in [2.45, 2.75) is 50.6 Å². The number of hydrogen-bond donors (Lipinski definition) is 3. The van der Waals surface area contributed by atoms with E-state index in [1.54, 1.807) is 0 Å². The van der Waals surface area contributed by atoms with Crippen molar-refractivity contribution in [3.63, 3.8) is 0 Å². The molecule has 0 radical (unpaired) electrons. The summed E-state index contributed by atoms with van der Waals surface area (Å²) in [5.74, 6) is 0.912. The summed E-state index contributed by atoms with van der Waals surface area (Å²) < 4.78 is 0. The summed E-state index contributed by atoms with van der Waals surface area (Å²) in [6, 6.07) is 8.09. The Kier molecular flexibility index (Phi) is 4.44. The van der Waals surface area contributed by atoms with Crippen molar-refractivity contribution in [2.75, 3.05) is 12.3 Å². The Labute approximate surface area is 126 Å². The van der Waals surface area contributed by atoms with Crippen molar-refractivity contribution in [2.24, 2.45) is 5.92 Å². The fourth-order valence-corrected chi connectivity index (χ4v) is 3.56. The number of piperazine rings is 1. The predicted molar refractivity (Wildman–Crippen MR) is 84.9 cm³/mol. The number of hydrogen-bond acceptors (Lipinski definition) is 3. The third-order valence-corrected chi connectivity index (χ3v) is 4.78. The lowest BCUT2D eigenvalue weighted by atomic mass is 9.95. The molecule has 1 aromatic carbocycles. The van der Waals surface area contributed by atoms with E-state index in [0.717, 1.165) is 31.0 Å². The van der Waals surface area contributed by atoms with E-state index in [1.807, 2.05) is 24.3 Å². The molecule has 1 saturated heterocycles. The van der Waals surface area contributed by atoms with E-state index >= 15 is 0 Å². The Bertz CT molecular complexity index is 479. The molecule has 2 fully saturated rings. The van der Waals surface area contributed by atoms with Gasteiger partial charge in [-0.15, -0.1) is 0 Å². The molecular formula is C17H25N3O. The van der Waals surface area contributed by atoms with E-state index in [2.05, 4.69) is 10.6 Å². The first-order valence-corrected chi connectivity index (χ1v) is 8.09. The van der Waals surface area contributed by atoms with Crippen molar-refractivity contribution in [1.82, 2.24) is 10.6 Å². The Hall–Kier alpha value is -1.55. The molecule has 0 bridgehead atoms. The molecule has 2 aliphatic rings. The molecule has 0 unspecified atom stereocenters. The highest BCUT2D eigenvalue weighted by molar-refractivity contribution is 5.82. The summed E-state index contributed by atoms with van der Waals surface area (Å²) in [4.78, 5) is 12.2. The van der Waals surface area contributed by atoms with Crippen LogP contribution in [0.15, 0.2) is 24.3 Å². The number of carbonyl (C=O) groups excluding carboxylic acids is 1. The van der Waals surface area contributed by atoms with Gasteiger partial charge in [0.2, 0.25) is 5.91 Å². The minimum atomic E-state index is 0.00997. The second-order valence-electron chi connectivity index (χ2n) is 6.50. The summed E-state index contributed by atoms with van der Waals surface area (Å²) >= 11 is 0. The van der Waals surface area contributed by atoms with Crippen LogP contribution >= 0.6 is 0 Å².